The lowest BCUT2D eigenvalue weighted by molar-refractivity contribution is 0.436. The number of sulfone groups is 1. The van der Waals surface area contributed by atoms with Crippen LogP contribution in [-0.2, 0) is 9.84 Å². The molecule has 0 spiro atoms. The molecule has 0 bridgehead atoms. The molecule has 2 unspecified atom stereocenters. The summed E-state index contributed by atoms with van der Waals surface area (Å²) in [5.41, 5.74) is 7.21. The van der Waals surface area contributed by atoms with Crippen LogP contribution < -0.4 is 11.1 Å². The van der Waals surface area contributed by atoms with Crippen LogP contribution in [0.3, 0.4) is 0 Å². The standard InChI is InChI=1S/C15H26N2O2S/c1-4-11-20(18,19)13-9-7-12(8-10-13)15(16)14(5-2)17-6-3/h7-10,14-15,17H,4-6,11,16H2,1-3H3. The van der Waals surface area contributed by atoms with Crippen LogP contribution in [0.4, 0.5) is 0 Å². The summed E-state index contributed by atoms with van der Waals surface area (Å²) in [6, 6.07) is 7.07. The Morgan fingerprint density at radius 2 is 1.75 bits per heavy atom. The molecule has 114 valence electrons. The molecular weight excluding hydrogens is 272 g/mol. The Morgan fingerprint density at radius 3 is 2.20 bits per heavy atom. The summed E-state index contributed by atoms with van der Waals surface area (Å²) in [4.78, 5) is 0.381. The lowest BCUT2D eigenvalue weighted by atomic mass is 9.98. The molecule has 0 aromatic heterocycles. The largest absolute Gasteiger partial charge is 0.323 e. The van der Waals surface area contributed by atoms with Crippen molar-refractivity contribution >= 4 is 9.84 Å². The quantitative estimate of drug-likeness (QED) is 0.772. The van der Waals surface area contributed by atoms with E-state index in [1.807, 2.05) is 19.1 Å². The van der Waals surface area contributed by atoms with Gasteiger partial charge in [0, 0.05) is 12.1 Å². The van der Waals surface area contributed by atoms with Gasteiger partial charge in [0.05, 0.1) is 10.6 Å². The Morgan fingerprint density at radius 1 is 1.15 bits per heavy atom. The van der Waals surface area contributed by atoms with Crippen molar-refractivity contribution in [3.8, 4) is 0 Å². The lowest BCUT2D eigenvalue weighted by Crippen LogP contribution is -2.38. The number of nitrogens with one attached hydrogen (secondary N) is 1. The van der Waals surface area contributed by atoms with Gasteiger partial charge in [0.15, 0.2) is 9.84 Å². The molecule has 0 amide bonds. The molecule has 0 aliphatic heterocycles. The SMILES string of the molecule is CCCS(=O)(=O)c1ccc(C(N)C(CC)NCC)cc1. The van der Waals surface area contributed by atoms with Crippen LogP contribution in [0.15, 0.2) is 29.2 Å². The summed E-state index contributed by atoms with van der Waals surface area (Å²) in [7, 11) is -3.15. The highest BCUT2D eigenvalue weighted by atomic mass is 32.2. The summed E-state index contributed by atoms with van der Waals surface area (Å²) in [6.45, 7) is 6.88. The van der Waals surface area contributed by atoms with Gasteiger partial charge < -0.3 is 11.1 Å². The second-order valence-corrected chi connectivity index (χ2v) is 7.10. The zero-order valence-electron chi connectivity index (χ0n) is 12.6. The second-order valence-electron chi connectivity index (χ2n) is 4.99. The highest BCUT2D eigenvalue weighted by Crippen LogP contribution is 2.20. The summed E-state index contributed by atoms with van der Waals surface area (Å²) in [5, 5.41) is 3.35. The van der Waals surface area contributed by atoms with Crippen molar-refractivity contribution in [1.29, 1.82) is 0 Å². The highest BCUT2D eigenvalue weighted by Gasteiger charge is 2.18. The number of likely N-dealkylation sites (N-methyl/N-ethyl adjacent to an activating group) is 1. The van der Waals surface area contributed by atoms with Crippen LogP contribution in [-0.4, -0.2) is 26.8 Å². The summed E-state index contributed by atoms with van der Waals surface area (Å²) in [6.07, 6.45) is 1.56. The third-order valence-electron chi connectivity index (χ3n) is 3.44. The Bertz CT molecular complexity index is 497. The molecule has 0 saturated carbocycles. The first-order valence-electron chi connectivity index (χ1n) is 7.27. The maximum absolute atomic E-state index is 12.0. The summed E-state index contributed by atoms with van der Waals surface area (Å²) >= 11 is 0. The van der Waals surface area contributed by atoms with Crippen molar-refractivity contribution in [2.24, 2.45) is 5.73 Å². The molecule has 0 fully saturated rings. The fourth-order valence-electron chi connectivity index (χ4n) is 2.30. The molecule has 0 aliphatic carbocycles. The van der Waals surface area contributed by atoms with Crippen LogP contribution in [0.1, 0.15) is 45.2 Å². The molecule has 4 nitrogen and oxygen atoms in total. The van der Waals surface area contributed by atoms with Crippen LogP contribution in [0.5, 0.6) is 0 Å². The molecule has 0 aliphatic rings. The molecular formula is C15H26N2O2S. The van der Waals surface area contributed by atoms with Crippen molar-refractivity contribution in [2.45, 2.75) is 50.6 Å². The number of hydrogen-bond donors (Lipinski definition) is 2. The normalized spacial score (nSPS) is 15.0. The number of benzene rings is 1. The first-order chi connectivity index (χ1) is 9.46. The topological polar surface area (TPSA) is 72.2 Å². The summed E-state index contributed by atoms with van der Waals surface area (Å²) < 4.78 is 23.9. The first kappa shape index (κ1) is 17.1. The molecule has 0 heterocycles. The maximum atomic E-state index is 12.0. The van der Waals surface area contributed by atoms with E-state index in [-0.39, 0.29) is 17.8 Å². The van der Waals surface area contributed by atoms with Gasteiger partial charge in [-0.05, 0) is 37.1 Å². The van der Waals surface area contributed by atoms with Gasteiger partial charge in [-0.1, -0.05) is 32.9 Å². The van der Waals surface area contributed by atoms with E-state index in [9.17, 15) is 8.42 Å². The smallest absolute Gasteiger partial charge is 0.178 e. The van der Waals surface area contributed by atoms with E-state index in [0.717, 1.165) is 18.5 Å². The minimum atomic E-state index is -3.15. The average Bonchev–Trinajstić information content (AvgIpc) is 2.44. The fourth-order valence-corrected chi connectivity index (χ4v) is 3.63. The molecule has 2 atom stereocenters. The Hall–Kier alpha value is -0.910. The molecule has 5 heteroatoms. The highest BCUT2D eigenvalue weighted by molar-refractivity contribution is 7.91. The van der Waals surface area contributed by atoms with Crippen LogP contribution in [0.2, 0.25) is 0 Å². The van der Waals surface area contributed by atoms with Gasteiger partial charge in [-0.25, -0.2) is 8.42 Å². The van der Waals surface area contributed by atoms with E-state index < -0.39 is 9.84 Å². The van der Waals surface area contributed by atoms with Crippen molar-refractivity contribution < 1.29 is 8.42 Å². The molecule has 3 N–H and O–H groups in total. The lowest BCUT2D eigenvalue weighted by Gasteiger charge is -2.24. The Labute approximate surface area is 122 Å². The van der Waals surface area contributed by atoms with E-state index in [0.29, 0.717) is 11.3 Å². The average molecular weight is 298 g/mol. The molecule has 1 aromatic rings. The van der Waals surface area contributed by atoms with Crippen LogP contribution >= 0.6 is 0 Å². The van der Waals surface area contributed by atoms with E-state index in [1.165, 1.54) is 0 Å². The van der Waals surface area contributed by atoms with Crippen LogP contribution in [0.25, 0.3) is 0 Å². The van der Waals surface area contributed by atoms with Crippen molar-refractivity contribution in [3.05, 3.63) is 29.8 Å². The molecule has 20 heavy (non-hydrogen) atoms. The Balaban J connectivity index is 2.91. The van der Waals surface area contributed by atoms with Gasteiger partial charge in [0.1, 0.15) is 0 Å². The van der Waals surface area contributed by atoms with Gasteiger partial charge in [0.25, 0.3) is 0 Å². The predicted molar refractivity (Wildman–Crippen MR) is 83.5 cm³/mol. The number of hydrogen-bond acceptors (Lipinski definition) is 4. The van der Waals surface area contributed by atoms with Gasteiger partial charge in [0.2, 0.25) is 0 Å². The zero-order valence-corrected chi connectivity index (χ0v) is 13.4. The van der Waals surface area contributed by atoms with E-state index in [1.54, 1.807) is 12.1 Å². The van der Waals surface area contributed by atoms with Gasteiger partial charge >= 0.3 is 0 Å². The Kier molecular flexibility index (Phi) is 6.65. The zero-order chi connectivity index (χ0) is 15.2. The molecule has 0 radical (unpaired) electrons. The fraction of sp³-hybridized carbons (Fsp3) is 0.600. The van der Waals surface area contributed by atoms with Crippen molar-refractivity contribution in [2.75, 3.05) is 12.3 Å². The van der Waals surface area contributed by atoms with Crippen molar-refractivity contribution in [1.82, 2.24) is 5.32 Å². The van der Waals surface area contributed by atoms with E-state index in [2.05, 4.69) is 19.2 Å². The molecule has 1 aromatic carbocycles. The van der Waals surface area contributed by atoms with Crippen LogP contribution in [0, 0.1) is 0 Å². The maximum Gasteiger partial charge on any atom is 0.178 e. The monoisotopic (exact) mass is 298 g/mol. The van der Waals surface area contributed by atoms with E-state index >= 15 is 0 Å². The minimum absolute atomic E-state index is 0.122. The third kappa shape index (κ3) is 4.30. The molecule has 1 rings (SSSR count). The van der Waals surface area contributed by atoms with Crippen molar-refractivity contribution in [3.63, 3.8) is 0 Å². The van der Waals surface area contributed by atoms with Gasteiger partial charge in [-0.2, -0.15) is 0 Å². The first-order valence-corrected chi connectivity index (χ1v) is 8.93. The number of rotatable bonds is 8. The minimum Gasteiger partial charge on any atom is -0.323 e. The van der Waals surface area contributed by atoms with E-state index in [4.69, 9.17) is 5.73 Å². The predicted octanol–water partition coefficient (Wildman–Crippen LogP) is 2.26. The van der Waals surface area contributed by atoms with Gasteiger partial charge in [-0.3, -0.25) is 0 Å². The second kappa shape index (κ2) is 7.76. The number of nitrogens with two attached hydrogens (primary N) is 1. The molecule has 0 saturated heterocycles. The van der Waals surface area contributed by atoms with Gasteiger partial charge in [-0.15, -0.1) is 0 Å². The summed E-state index contributed by atoms with van der Waals surface area (Å²) in [5.74, 6) is 0.188. The third-order valence-corrected chi connectivity index (χ3v) is 5.37.